The fraction of sp³-hybridized carbons (Fsp3) is 0.188. The Morgan fingerprint density at radius 1 is 1.27 bits per heavy atom. The summed E-state index contributed by atoms with van der Waals surface area (Å²) < 4.78 is 18.0. The lowest BCUT2D eigenvalue weighted by atomic mass is 10.1. The van der Waals surface area contributed by atoms with E-state index < -0.39 is 0 Å². The van der Waals surface area contributed by atoms with Crippen LogP contribution in [0.3, 0.4) is 0 Å². The molecule has 0 unspecified atom stereocenters. The predicted molar refractivity (Wildman–Crippen MR) is 88.2 cm³/mol. The number of benzene rings is 2. The Bertz CT molecular complexity index is 659. The molecule has 0 aromatic heterocycles. The molecule has 0 spiro atoms. The summed E-state index contributed by atoms with van der Waals surface area (Å²) in [6.07, 6.45) is 0.587. The molecule has 3 N–H and O–H groups in total. The number of hydrogen-bond donors (Lipinski definition) is 2. The first kappa shape index (κ1) is 16.1. The Morgan fingerprint density at radius 2 is 2.00 bits per heavy atom. The average molecular weight is 322 g/mol. The summed E-state index contributed by atoms with van der Waals surface area (Å²) in [6, 6.07) is 11.7. The number of rotatable bonds is 5. The zero-order chi connectivity index (χ0) is 15.9. The molecule has 0 aliphatic heterocycles. The van der Waals surface area contributed by atoms with E-state index in [9.17, 15) is 4.39 Å². The van der Waals surface area contributed by atoms with Gasteiger partial charge in [-0.15, -0.1) is 0 Å². The Morgan fingerprint density at radius 3 is 2.64 bits per heavy atom. The van der Waals surface area contributed by atoms with Gasteiger partial charge in [0.2, 0.25) is 0 Å². The van der Waals surface area contributed by atoms with E-state index in [0.29, 0.717) is 23.9 Å². The molecule has 0 aliphatic carbocycles. The van der Waals surface area contributed by atoms with Crippen LogP contribution in [0.5, 0.6) is 5.75 Å². The number of anilines is 1. The minimum atomic E-state index is -0.349. The third-order valence-electron chi connectivity index (χ3n) is 3.04. The van der Waals surface area contributed by atoms with Gasteiger partial charge in [-0.25, -0.2) is 4.39 Å². The summed E-state index contributed by atoms with van der Waals surface area (Å²) in [6.45, 7) is 0.459. The molecule has 4 nitrogen and oxygen atoms in total. The highest BCUT2D eigenvalue weighted by molar-refractivity contribution is 6.31. The van der Waals surface area contributed by atoms with Gasteiger partial charge in [-0.05, 0) is 48.4 Å². The summed E-state index contributed by atoms with van der Waals surface area (Å²) in [5.41, 5.74) is 7.48. The number of hydrogen-bond acceptors (Lipinski definition) is 2. The quantitative estimate of drug-likeness (QED) is 0.655. The van der Waals surface area contributed by atoms with Gasteiger partial charge in [-0.1, -0.05) is 17.7 Å². The van der Waals surface area contributed by atoms with E-state index in [1.807, 2.05) is 24.3 Å². The molecule has 2 rings (SSSR count). The SMILES string of the molecule is COc1ccc(NC(N)=NCCc2ccc(F)cc2Cl)cc1. The van der Waals surface area contributed by atoms with Gasteiger partial charge in [0.15, 0.2) is 5.96 Å². The van der Waals surface area contributed by atoms with Crippen LogP contribution in [0.25, 0.3) is 0 Å². The highest BCUT2D eigenvalue weighted by Gasteiger charge is 2.02. The van der Waals surface area contributed by atoms with Crippen molar-refractivity contribution in [3.8, 4) is 5.75 Å². The topological polar surface area (TPSA) is 59.6 Å². The van der Waals surface area contributed by atoms with Crippen molar-refractivity contribution in [2.24, 2.45) is 10.7 Å². The lowest BCUT2D eigenvalue weighted by Gasteiger charge is -2.07. The molecule has 2 aromatic rings. The number of nitrogens with two attached hydrogens (primary N) is 1. The zero-order valence-corrected chi connectivity index (χ0v) is 12.9. The number of halogens is 2. The zero-order valence-electron chi connectivity index (χ0n) is 12.1. The van der Waals surface area contributed by atoms with E-state index in [-0.39, 0.29) is 5.82 Å². The second-order valence-corrected chi connectivity index (χ2v) is 5.01. The van der Waals surface area contributed by atoms with Gasteiger partial charge in [0, 0.05) is 17.3 Å². The van der Waals surface area contributed by atoms with Crippen molar-refractivity contribution in [1.29, 1.82) is 0 Å². The molecular formula is C16H17ClFN3O. The van der Waals surface area contributed by atoms with Gasteiger partial charge in [0.25, 0.3) is 0 Å². The molecule has 0 aliphatic rings. The fourth-order valence-corrected chi connectivity index (χ4v) is 2.14. The second-order valence-electron chi connectivity index (χ2n) is 4.61. The molecule has 2 aromatic carbocycles. The van der Waals surface area contributed by atoms with Crippen molar-refractivity contribution >= 4 is 23.2 Å². The summed E-state index contributed by atoms with van der Waals surface area (Å²) in [4.78, 5) is 4.22. The van der Waals surface area contributed by atoms with Crippen molar-refractivity contribution in [2.45, 2.75) is 6.42 Å². The minimum absolute atomic E-state index is 0.309. The van der Waals surface area contributed by atoms with Crippen molar-refractivity contribution in [2.75, 3.05) is 19.0 Å². The minimum Gasteiger partial charge on any atom is -0.497 e. The smallest absolute Gasteiger partial charge is 0.193 e. The first-order valence-corrected chi connectivity index (χ1v) is 7.11. The van der Waals surface area contributed by atoms with E-state index in [1.54, 1.807) is 13.2 Å². The summed E-state index contributed by atoms with van der Waals surface area (Å²) >= 11 is 5.96. The molecule has 0 saturated heterocycles. The Hall–Kier alpha value is -2.27. The molecule has 0 bridgehead atoms. The van der Waals surface area contributed by atoms with Gasteiger partial charge >= 0.3 is 0 Å². The molecular weight excluding hydrogens is 305 g/mol. The maximum absolute atomic E-state index is 12.9. The van der Waals surface area contributed by atoms with Crippen molar-refractivity contribution in [3.05, 3.63) is 58.9 Å². The maximum atomic E-state index is 12.9. The van der Waals surface area contributed by atoms with E-state index in [0.717, 1.165) is 17.0 Å². The van der Waals surface area contributed by atoms with Crippen molar-refractivity contribution in [1.82, 2.24) is 0 Å². The van der Waals surface area contributed by atoms with E-state index >= 15 is 0 Å². The second kappa shape index (κ2) is 7.66. The van der Waals surface area contributed by atoms with Crippen LogP contribution in [0.15, 0.2) is 47.5 Å². The Balaban J connectivity index is 1.89. The Kier molecular flexibility index (Phi) is 5.61. The molecule has 0 radical (unpaired) electrons. The monoisotopic (exact) mass is 321 g/mol. The predicted octanol–water partition coefficient (Wildman–Crippen LogP) is 3.46. The normalized spacial score (nSPS) is 11.3. The van der Waals surface area contributed by atoms with Gasteiger partial charge in [-0.3, -0.25) is 4.99 Å². The van der Waals surface area contributed by atoms with Gasteiger partial charge in [0.05, 0.1) is 7.11 Å². The number of ether oxygens (including phenoxy) is 1. The molecule has 6 heteroatoms. The number of guanidine groups is 1. The maximum Gasteiger partial charge on any atom is 0.193 e. The fourth-order valence-electron chi connectivity index (χ4n) is 1.88. The Labute approximate surface area is 133 Å². The van der Waals surface area contributed by atoms with Gasteiger partial charge in [-0.2, -0.15) is 0 Å². The third-order valence-corrected chi connectivity index (χ3v) is 3.39. The average Bonchev–Trinajstić information content (AvgIpc) is 2.50. The van der Waals surface area contributed by atoms with Crippen molar-refractivity contribution in [3.63, 3.8) is 0 Å². The molecule has 116 valence electrons. The molecule has 0 fully saturated rings. The summed E-state index contributed by atoms with van der Waals surface area (Å²) in [7, 11) is 1.61. The molecule has 0 saturated carbocycles. The van der Waals surface area contributed by atoms with E-state index in [2.05, 4.69) is 10.3 Å². The number of nitrogens with zero attached hydrogens (tertiary/aromatic N) is 1. The van der Waals surface area contributed by atoms with Gasteiger partial charge < -0.3 is 15.8 Å². The van der Waals surface area contributed by atoms with Crippen LogP contribution in [0.2, 0.25) is 5.02 Å². The molecule has 0 heterocycles. The van der Waals surface area contributed by atoms with Crippen LogP contribution in [0.4, 0.5) is 10.1 Å². The first-order valence-electron chi connectivity index (χ1n) is 6.73. The van der Waals surface area contributed by atoms with Gasteiger partial charge in [0.1, 0.15) is 11.6 Å². The van der Waals surface area contributed by atoms with Crippen LogP contribution in [0, 0.1) is 5.82 Å². The highest BCUT2D eigenvalue weighted by atomic mass is 35.5. The van der Waals surface area contributed by atoms with Crippen LogP contribution in [0.1, 0.15) is 5.56 Å². The summed E-state index contributed by atoms with van der Waals surface area (Å²) in [5.74, 6) is 0.730. The van der Waals surface area contributed by atoms with Crippen LogP contribution < -0.4 is 15.8 Å². The molecule has 22 heavy (non-hydrogen) atoms. The number of aliphatic imine (C=N–C) groups is 1. The highest BCUT2D eigenvalue weighted by Crippen LogP contribution is 2.18. The van der Waals surface area contributed by atoms with Crippen LogP contribution >= 0.6 is 11.6 Å². The third kappa shape index (κ3) is 4.63. The van der Waals surface area contributed by atoms with Crippen LogP contribution in [-0.2, 0) is 6.42 Å². The lowest BCUT2D eigenvalue weighted by molar-refractivity contribution is 0.415. The number of nitrogens with one attached hydrogen (secondary N) is 1. The van der Waals surface area contributed by atoms with E-state index in [1.165, 1.54) is 12.1 Å². The van der Waals surface area contributed by atoms with Crippen LogP contribution in [-0.4, -0.2) is 19.6 Å². The van der Waals surface area contributed by atoms with E-state index in [4.69, 9.17) is 22.1 Å². The first-order chi connectivity index (χ1) is 10.6. The molecule has 0 atom stereocenters. The number of methoxy groups -OCH3 is 1. The standard InChI is InChI=1S/C16H17ClFN3O/c1-22-14-6-4-13(5-7-14)21-16(19)20-9-8-11-2-3-12(18)10-15(11)17/h2-7,10H,8-9H2,1H3,(H3,19,20,21). The lowest BCUT2D eigenvalue weighted by Crippen LogP contribution is -2.23. The molecule has 0 amide bonds. The largest absolute Gasteiger partial charge is 0.497 e. The summed E-state index contributed by atoms with van der Waals surface area (Å²) in [5, 5.41) is 3.38. The van der Waals surface area contributed by atoms with Crippen molar-refractivity contribution < 1.29 is 9.13 Å².